The summed E-state index contributed by atoms with van der Waals surface area (Å²) in [6.45, 7) is 13.0. The van der Waals surface area contributed by atoms with Crippen molar-refractivity contribution in [1.29, 1.82) is 0 Å². The Bertz CT molecular complexity index is 1210. The van der Waals surface area contributed by atoms with Gasteiger partial charge in [0.15, 0.2) is 11.4 Å². The van der Waals surface area contributed by atoms with Crippen molar-refractivity contribution in [2.45, 2.75) is 39.7 Å². The fourth-order valence-corrected chi connectivity index (χ4v) is 4.10. The van der Waals surface area contributed by atoms with E-state index in [0.29, 0.717) is 48.2 Å². The molecule has 3 aromatic heterocycles. The van der Waals surface area contributed by atoms with E-state index in [1.807, 2.05) is 32.9 Å². The first-order chi connectivity index (χ1) is 14.8. The molecule has 9 heteroatoms. The molecule has 1 saturated heterocycles. The second-order valence-corrected chi connectivity index (χ2v) is 8.09. The topological polar surface area (TPSA) is 97.4 Å². The quantitative estimate of drug-likeness (QED) is 0.596. The van der Waals surface area contributed by atoms with Crippen molar-refractivity contribution in [1.82, 2.24) is 24.6 Å². The molecule has 1 atom stereocenters. The molecule has 162 valence electrons. The Hall–Kier alpha value is -3.49. The molecule has 0 aliphatic carbocycles. The van der Waals surface area contributed by atoms with Crippen molar-refractivity contribution < 1.29 is 9.32 Å². The third kappa shape index (κ3) is 3.49. The minimum absolute atomic E-state index is 0.0210. The first kappa shape index (κ1) is 20.8. The Labute approximate surface area is 180 Å². The van der Waals surface area contributed by atoms with Crippen molar-refractivity contribution in [3.63, 3.8) is 0 Å². The number of anilines is 1. The lowest BCUT2D eigenvalue weighted by Crippen LogP contribution is -2.54. The first-order valence-electron chi connectivity index (χ1n) is 10.4. The summed E-state index contributed by atoms with van der Waals surface area (Å²) in [6.07, 6.45) is 2.98. The lowest BCUT2D eigenvalue weighted by Gasteiger charge is -2.40. The average Bonchev–Trinajstić information content (AvgIpc) is 3.14. The number of hydrogen-bond acceptors (Lipinski definition) is 7. The fraction of sp³-hybridized carbons (Fsp3) is 0.409. The van der Waals surface area contributed by atoms with Crippen molar-refractivity contribution in [2.75, 3.05) is 24.5 Å². The number of pyridine rings is 1. The summed E-state index contributed by atoms with van der Waals surface area (Å²) in [5, 5.41) is 4.83. The van der Waals surface area contributed by atoms with Crippen LogP contribution >= 0.6 is 0 Å². The third-order valence-corrected chi connectivity index (χ3v) is 5.62. The van der Waals surface area contributed by atoms with Gasteiger partial charge >= 0.3 is 5.69 Å². The number of carbonyl (C=O) groups is 1. The molecule has 0 aromatic carbocycles. The smallest absolute Gasteiger partial charge is 0.356 e. The molecule has 0 spiro atoms. The molecule has 9 nitrogen and oxygen atoms in total. The Morgan fingerprint density at radius 3 is 2.81 bits per heavy atom. The van der Waals surface area contributed by atoms with E-state index in [1.165, 1.54) is 10.6 Å². The highest BCUT2D eigenvalue weighted by molar-refractivity contribution is 5.89. The Morgan fingerprint density at radius 1 is 1.35 bits per heavy atom. The van der Waals surface area contributed by atoms with Gasteiger partial charge in [0, 0.05) is 37.8 Å². The van der Waals surface area contributed by atoms with Gasteiger partial charge in [-0.25, -0.2) is 14.3 Å². The van der Waals surface area contributed by atoms with Gasteiger partial charge in [-0.2, -0.15) is 4.98 Å². The largest absolute Gasteiger partial charge is 0.359 e. The monoisotopic (exact) mass is 422 g/mol. The molecule has 3 aromatic rings. The molecule has 31 heavy (non-hydrogen) atoms. The van der Waals surface area contributed by atoms with E-state index in [4.69, 9.17) is 4.52 Å². The molecule has 0 radical (unpaired) electrons. The number of piperazine rings is 1. The van der Waals surface area contributed by atoms with Crippen LogP contribution in [0, 0.1) is 6.92 Å². The van der Waals surface area contributed by atoms with Crippen molar-refractivity contribution in [2.24, 2.45) is 0 Å². The zero-order valence-electron chi connectivity index (χ0n) is 18.2. The number of fused-ring (bicyclic) bond motifs is 1. The second kappa shape index (κ2) is 7.98. The fourth-order valence-electron chi connectivity index (χ4n) is 4.10. The minimum atomic E-state index is -0.439. The molecule has 1 amide bonds. The van der Waals surface area contributed by atoms with E-state index < -0.39 is 5.69 Å². The summed E-state index contributed by atoms with van der Waals surface area (Å²) < 4.78 is 6.99. The van der Waals surface area contributed by atoms with E-state index in [1.54, 1.807) is 18.0 Å². The highest BCUT2D eigenvalue weighted by Crippen LogP contribution is 2.30. The summed E-state index contributed by atoms with van der Waals surface area (Å²) in [7, 11) is 0. The summed E-state index contributed by atoms with van der Waals surface area (Å²) in [5.41, 5.74) is 1.27. The van der Waals surface area contributed by atoms with Crippen LogP contribution < -0.4 is 10.6 Å². The minimum Gasteiger partial charge on any atom is -0.359 e. The van der Waals surface area contributed by atoms with Crippen molar-refractivity contribution in [3.05, 3.63) is 52.9 Å². The number of rotatable bonds is 4. The van der Waals surface area contributed by atoms with Gasteiger partial charge in [-0.05, 0) is 32.1 Å². The van der Waals surface area contributed by atoms with Crippen LogP contribution in [0.1, 0.15) is 38.1 Å². The first-order valence-corrected chi connectivity index (χ1v) is 10.4. The van der Waals surface area contributed by atoms with E-state index in [-0.39, 0.29) is 17.9 Å². The predicted molar refractivity (Wildman–Crippen MR) is 118 cm³/mol. The maximum atomic E-state index is 13.3. The second-order valence-electron chi connectivity index (χ2n) is 8.09. The molecule has 4 heterocycles. The van der Waals surface area contributed by atoms with Crippen molar-refractivity contribution in [3.8, 4) is 5.69 Å². The summed E-state index contributed by atoms with van der Waals surface area (Å²) in [4.78, 5) is 38.1. The van der Waals surface area contributed by atoms with Gasteiger partial charge in [-0.3, -0.25) is 4.79 Å². The summed E-state index contributed by atoms with van der Waals surface area (Å²) in [6, 6.07) is 3.72. The molecule has 1 fully saturated rings. The van der Waals surface area contributed by atoms with E-state index in [9.17, 15) is 9.59 Å². The molecule has 4 rings (SSSR count). The highest BCUT2D eigenvalue weighted by Gasteiger charge is 2.30. The number of hydrogen-bond donors (Lipinski definition) is 0. The van der Waals surface area contributed by atoms with Gasteiger partial charge in [0.1, 0.15) is 17.2 Å². The molecule has 0 bridgehead atoms. The van der Waals surface area contributed by atoms with Gasteiger partial charge < -0.3 is 14.3 Å². The van der Waals surface area contributed by atoms with Crippen LogP contribution in [0.15, 0.2) is 40.3 Å². The van der Waals surface area contributed by atoms with Gasteiger partial charge in [0.05, 0.1) is 5.39 Å². The van der Waals surface area contributed by atoms with Gasteiger partial charge in [0.25, 0.3) is 0 Å². The average molecular weight is 422 g/mol. The molecule has 1 aliphatic rings. The van der Waals surface area contributed by atoms with Crippen LogP contribution in [0.25, 0.3) is 16.7 Å². The Kier molecular flexibility index (Phi) is 5.34. The van der Waals surface area contributed by atoms with Crippen LogP contribution in [-0.4, -0.2) is 56.2 Å². The highest BCUT2D eigenvalue weighted by atomic mass is 16.5. The SMILES string of the molecule is C=CC(=O)N1CCN(c2nc(=O)n(-c3c(C)noc3C(C)C)c3ncccc23)[C@@H](C)C1. The van der Waals surface area contributed by atoms with Crippen LogP contribution in [-0.2, 0) is 4.79 Å². The maximum absolute atomic E-state index is 13.3. The third-order valence-electron chi connectivity index (χ3n) is 5.62. The predicted octanol–water partition coefficient (Wildman–Crippen LogP) is 2.42. The lowest BCUT2D eigenvalue weighted by atomic mass is 10.1. The van der Waals surface area contributed by atoms with Crippen LogP contribution in [0.4, 0.5) is 5.82 Å². The number of aromatic nitrogens is 4. The zero-order valence-corrected chi connectivity index (χ0v) is 18.2. The van der Waals surface area contributed by atoms with Gasteiger partial charge in [-0.15, -0.1) is 0 Å². The lowest BCUT2D eigenvalue weighted by molar-refractivity contribution is -0.126. The standard InChI is InChI=1S/C22H26N6O3/c1-6-17(29)26-10-11-27(14(4)12-26)21-16-8-7-9-23-20(16)28(22(30)24-21)18-15(5)25-31-19(18)13(2)3/h6-9,13-14H,1,10-12H2,2-5H3/t14-/m0/s1. The Balaban J connectivity index is 1.86. The maximum Gasteiger partial charge on any atom is 0.356 e. The number of aryl methyl sites for hydroxylation is 1. The molecule has 1 aliphatic heterocycles. The summed E-state index contributed by atoms with van der Waals surface area (Å²) >= 11 is 0. The molecule has 0 unspecified atom stereocenters. The Morgan fingerprint density at radius 2 is 2.13 bits per heavy atom. The summed E-state index contributed by atoms with van der Waals surface area (Å²) in [5.74, 6) is 1.14. The van der Waals surface area contributed by atoms with Crippen LogP contribution in [0.2, 0.25) is 0 Å². The van der Waals surface area contributed by atoms with Crippen molar-refractivity contribution >= 4 is 22.8 Å². The van der Waals surface area contributed by atoms with E-state index >= 15 is 0 Å². The molecule has 0 saturated carbocycles. The number of carbonyl (C=O) groups excluding carboxylic acids is 1. The van der Waals surface area contributed by atoms with Gasteiger partial charge in [0.2, 0.25) is 5.91 Å². The number of amides is 1. The van der Waals surface area contributed by atoms with Crippen LogP contribution in [0.3, 0.4) is 0 Å². The normalized spacial score (nSPS) is 16.9. The number of nitrogens with zero attached hydrogens (tertiary/aromatic N) is 6. The molecular formula is C22H26N6O3. The zero-order chi connectivity index (χ0) is 22.3. The van der Waals surface area contributed by atoms with Crippen LogP contribution in [0.5, 0.6) is 0 Å². The van der Waals surface area contributed by atoms with Gasteiger partial charge in [-0.1, -0.05) is 25.6 Å². The van der Waals surface area contributed by atoms with E-state index in [0.717, 1.165) is 5.39 Å². The molecule has 0 N–H and O–H groups in total. The molecular weight excluding hydrogens is 396 g/mol. The van der Waals surface area contributed by atoms with E-state index in [2.05, 4.69) is 26.6 Å².